The molecule has 0 heterocycles. The largest absolute Gasteiger partial charge is 0.473 e. The lowest BCUT2D eigenvalue weighted by Crippen LogP contribution is -2.28. The summed E-state index contributed by atoms with van der Waals surface area (Å²) in [5.74, 6) is 1.26. The smallest absolute Gasteiger partial charge is 0.207 e. The molecule has 0 fully saturated rings. The lowest BCUT2D eigenvalue weighted by atomic mass is 10.2. The summed E-state index contributed by atoms with van der Waals surface area (Å²) in [6, 6.07) is 18.9. The maximum atomic E-state index is 8.70. The molecule has 2 rings (SSSR count). The maximum Gasteiger partial charge on any atom is 0.207 e. The lowest BCUT2D eigenvalue weighted by molar-refractivity contribution is 0.309. The Labute approximate surface area is 112 Å². The number of nitriles is 1. The van der Waals surface area contributed by atoms with Crippen LogP contribution in [0.15, 0.2) is 65.7 Å². The van der Waals surface area contributed by atoms with Crippen LogP contribution in [0.2, 0.25) is 0 Å². The molecule has 2 aromatic rings. The number of nitrogens with one attached hydrogen (secondary N) is 1. The molecule has 0 aliphatic carbocycles. The van der Waals surface area contributed by atoms with E-state index in [9.17, 15) is 0 Å². The first kappa shape index (κ1) is 12.7. The molecule has 0 saturated carbocycles. The Morgan fingerprint density at radius 2 is 1.68 bits per heavy atom. The molecule has 0 unspecified atom stereocenters. The fourth-order valence-corrected chi connectivity index (χ4v) is 1.56. The van der Waals surface area contributed by atoms with Gasteiger partial charge in [0.1, 0.15) is 11.6 Å². The summed E-state index contributed by atoms with van der Waals surface area (Å²) in [5.41, 5.74) is 0.848. The molecule has 0 aromatic heterocycles. The van der Waals surface area contributed by atoms with Gasteiger partial charge in [0.15, 0.2) is 6.73 Å². The van der Waals surface area contributed by atoms with E-state index in [1.54, 1.807) is 6.19 Å². The van der Waals surface area contributed by atoms with E-state index in [4.69, 9.17) is 10.00 Å². The molecule has 4 nitrogen and oxygen atoms in total. The summed E-state index contributed by atoms with van der Waals surface area (Å²) < 4.78 is 5.50. The molecular formula is C15H13N3O. The van der Waals surface area contributed by atoms with Crippen LogP contribution in [0.25, 0.3) is 0 Å². The Morgan fingerprint density at radius 1 is 1.05 bits per heavy atom. The zero-order valence-electron chi connectivity index (χ0n) is 10.3. The molecule has 0 atom stereocenters. The standard InChI is InChI=1S/C15H13N3O/c16-11-17-15(13-7-3-1-4-8-13)18-12-19-14-9-5-2-6-10-14/h1-10H,12H2,(H,17,18). The van der Waals surface area contributed by atoms with Crippen molar-refractivity contribution in [1.29, 1.82) is 5.26 Å². The Morgan fingerprint density at radius 3 is 2.32 bits per heavy atom. The Hall–Kier alpha value is -2.80. The van der Waals surface area contributed by atoms with Crippen LogP contribution in [0, 0.1) is 11.5 Å². The minimum Gasteiger partial charge on any atom is -0.473 e. The first-order chi connectivity index (χ1) is 9.40. The molecule has 4 heteroatoms. The van der Waals surface area contributed by atoms with Crippen molar-refractivity contribution in [3.63, 3.8) is 0 Å². The summed E-state index contributed by atoms with van der Waals surface area (Å²) in [6.07, 6.45) is 1.78. The Kier molecular flexibility index (Phi) is 4.54. The number of hydrogen-bond donors (Lipinski definition) is 1. The van der Waals surface area contributed by atoms with E-state index in [0.29, 0.717) is 5.84 Å². The average molecular weight is 251 g/mol. The zero-order valence-corrected chi connectivity index (χ0v) is 10.3. The number of nitrogens with zero attached hydrogens (tertiary/aromatic N) is 2. The minimum absolute atomic E-state index is 0.249. The van der Waals surface area contributed by atoms with E-state index in [1.165, 1.54) is 0 Å². The SMILES string of the molecule is N#C/N=C(/NCOc1ccccc1)c1ccccc1. The molecule has 2 aromatic carbocycles. The third-order valence-electron chi connectivity index (χ3n) is 2.43. The van der Waals surface area contributed by atoms with Crippen molar-refractivity contribution in [2.24, 2.45) is 4.99 Å². The van der Waals surface area contributed by atoms with Crippen LogP contribution in [-0.2, 0) is 0 Å². The summed E-state index contributed by atoms with van der Waals surface area (Å²) in [5, 5.41) is 11.7. The molecular weight excluding hydrogens is 238 g/mol. The highest BCUT2D eigenvalue weighted by Gasteiger charge is 2.02. The first-order valence-corrected chi connectivity index (χ1v) is 5.84. The van der Waals surface area contributed by atoms with Gasteiger partial charge in [0, 0.05) is 5.56 Å². The summed E-state index contributed by atoms with van der Waals surface area (Å²) in [4.78, 5) is 3.76. The number of para-hydroxylation sites is 1. The van der Waals surface area contributed by atoms with Gasteiger partial charge >= 0.3 is 0 Å². The van der Waals surface area contributed by atoms with Crippen LogP contribution in [0.1, 0.15) is 5.56 Å². The van der Waals surface area contributed by atoms with Crippen molar-refractivity contribution in [2.45, 2.75) is 0 Å². The molecule has 1 N–H and O–H groups in total. The van der Waals surface area contributed by atoms with Crippen LogP contribution in [0.3, 0.4) is 0 Å². The molecule has 0 amide bonds. The summed E-state index contributed by atoms with van der Waals surface area (Å²) in [7, 11) is 0. The van der Waals surface area contributed by atoms with E-state index in [1.807, 2.05) is 60.7 Å². The fourth-order valence-electron chi connectivity index (χ4n) is 1.56. The van der Waals surface area contributed by atoms with Crippen LogP contribution in [0.4, 0.5) is 0 Å². The number of amidine groups is 1. The van der Waals surface area contributed by atoms with Crippen molar-refractivity contribution >= 4 is 5.84 Å². The summed E-state index contributed by atoms with van der Waals surface area (Å²) in [6.45, 7) is 0.249. The van der Waals surface area contributed by atoms with Crippen molar-refractivity contribution < 1.29 is 4.74 Å². The molecule has 0 spiro atoms. The highest BCUT2D eigenvalue weighted by molar-refractivity contribution is 5.99. The number of hydrogen-bond acceptors (Lipinski definition) is 3. The second-order valence-electron chi connectivity index (χ2n) is 3.70. The van der Waals surface area contributed by atoms with Crippen LogP contribution in [-0.4, -0.2) is 12.6 Å². The quantitative estimate of drug-likeness (QED) is 0.393. The molecule has 94 valence electrons. The Bertz CT molecular complexity index is 573. The van der Waals surface area contributed by atoms with E-state index in [0.717, 1.165) is 11.3 Å². The van der Waals surface area contributed by atoms with Crippen LogP contribution >= 0.6 is 0 Å². The van der Waals surface area contributed by atoms with Crippen LogP contribution < -0.4 is 10.1 Å². The Balaban J connectivity index is 1.96. The van der Waals surface area contributed by atoms with Gasteiger partial charge in [0.05, 0.1) is 0 Å². The monoisotopic (exact) mass is 251 g/mol. The highest BCUT2D eigenvalue weighted by Crippen LogP contribution is 2.07. The molecule has 0 radical (unpaired) electrons. The van der Waals surface area contributed by atoms with E-state index in [2.05, 4.69) is 10.3 Å². The number of benzene rings is 2. The second kappa shape index (κ2) is 6.82. The maximum absolute atomic E-state index is 8.70. The van der Waals surface area contributed by atoms with Gasteiger partial charge in [0.2, 0.25) is 6.19 Å². The van der Waals surface area contributed by atoms with E-state index < -0.39 is 0 Å². The highest BCUT2D eigenvalue weighted by atomic mass is 16.5. The molecule has 0 aliphatic rings. The number of rotatable bonds is 4. The first-order valence-electron chi connectivity index (χ1n) is 5.84. The number of ether oxygens (including phenoxy) is 1. The molecule has 0 bridgehead atoms. The third kappa shape index (κ3) is 3.86. The predicted molar refractivity (Wildman–Crippen MR) is 73.7 cm³/mol. The predicted octanol–water partition coefficient (Wildman–Crippen LogP) is 2.54. The van der Waals surface area contributed by atoms with Crippen molar-refractivity contribution in [1.82, 2.24) is 5.32 Å². The topological polar surface area (TPSA) is 57.4 Å². The zero-order chi connectivity index (χ0) is 13.3. The van der Waals surface area contributed by atoms with E-state index in [-0.39, 0.29) is 6.73 Å². The summed E-state index contributed by atoms with van der Waals surface area (Å²) >= 11 is 0. The van der Waals surface area contributed by atoms with Gasteiger partial charge in [-0.1, -0.05) is 48.5 Å². The third-order valence-corrected chi connectivity index (χ3v) is 2.43. The van der Waals surface area contributed by atoms with Gasteiger partial charge in [0.25, 0.3) is 0 Å². The normalized spacial score (nSPS) is 10.6. The average Bonchev–Trinajstić information content (AvgIpc) is 2.48. The van der Waals surface area contributed by atoms with Gasteiger partial charge < -0.3 is 10.1 Å². The minimum atomic E-state index is 0.249. The van der Waals surface area contributed by atoms with Gasteiger partial charge in [-0.05, 0) is 12.1 Å². The van der Waals surface area contributed by atoms with Gasteiger partial charge in [-0.25, -0.2) is 0 Å². The molecule has 19 heavy (non-hydrogen) atoms. The van der Waals surface area contributed by atoms with Gasteiger partial charge in [-0.2, -0.15) is 10.3 Å². The van der Waals surface area contributed by atoms with Crippen molar-refractivity contribution in [3.8, 4) is 11.9 Å². The fraction of sp³-hybridized carbons (Fsp3) is 0.0667. The van der Waals surface area contributed by atoms with Gasteiger partial charge in [-0.3, -0.25) is 0 Å². The van der Waals surface area contributed by atoms with Gasteiger partial charge in [-0.15, -0.1) is 0 Å². The lowest BCUT2D eigenvalue weighted by Gasteiger charge is -2.10. The van der Waals surface area contributed by atoms with Crippen molar-refractivity contribution in [2.75, 3.05) is 6.73 Å². The van der Waals surface area contributed by atoms with Crippen molar-refractivity contribution in [3.05, 3.63) is 66.2 Å². The molecule has 0 aliphatic heterocycles. The number of aliphatic imine (C=N–C) groups is 1. The van der Waals surface area contributed by atoms with E-state index >= 15 is 0 Å². The second-order valence-corrected chi connectivity index (χ2v) is 3.70. The molecule has 0 saturated heterocycles. The van der Waals surface area contributed by atoms with Crippen LogP contribution in [0.5, 0.6) is 5.75 Å².